The number of nitrogens with two attached hydrogens (primary N) is 1. The van der Waals surface area contributed by atoms with Crippen LogP contribution in [0.1, 0.15) is 10.4 Å². The minimum absolute atomic E-state index is 0.0265. The Morgan fingerprint density at radius 2 is 2.26 bits per heavy atom. The Labute approximate surface area is 117 Å². The van der Waals surface area contributed by atoms with E-state index in [-0.39, 0.29) is 23.3 Å². The highest BCUT2D eigenvalue weighted by molar-refractivity contribution is 6.30. The molecule has 0 aromatic heterocycles. The summed E-state index contributed by atoms with van der Waals surface area (Å²) < 4.78 is 0. The molecule has 0 bridgehead atoms. The van der Waals surface area contributed by atoms with Gasteiger partial charge in [-0.2, -0.15) is 0 Å². The van der Waals surface area contributed by atoms with Crippen LogP contribution in [0.3, 0.4) is 0 Å². The maximum atomic E-state index is 12.5. The number of likely N-dealkylation sites (N-methyl/N-ethyl adjacent to an activating group) is 1. The number of phenols is 1. The molecule has 0 radical (unpaired) electrons. The highest BCUT2D eigenvalue weighted by Crippen LogP contribution is 2.24. The number of nitrogens with zero attached hydrogens (tertiary/aromatic N) is 2. The van der Waals surface area contributed by atoms with Gasteiger partial charge >= 0.3 is 0 Å². The molecule has 1 fully saturated rings. The molecule has 6 heteroatoms. The number of halogens is 1. The third-order valence-electron chi connectivity index (χ3n) is 3.41. The molecular formula is C13H18ClN3O2. The summed E-state index contributed by atoms with van der Waals surface area (Å²) >= 11 is 5.77. The van der Waals surface area contributed by atoms with Gasteiger partial charge in [-0.25, -0.2) is 0 Å². The van der Waals surface area contributed by atoms with Crippen LogP contribution in [0, 0.1) is 0 Å². The molecule has 1 saturated heterocycles. The highest BCUT2D eigenvalue weighted by atomic mass is 35.5. The van der Waals surface area contributed by atoms with Gasteiger partial charge in [-0.3, -0.25) is 4.79 Å². The first kappa shape index (κ1) is 14.1. The molecule has 1 heterocycles. The molecule has 5 nitrogen and oxygen atoms in total. The first-order chi connectivity index (χ1) is 9.02. The molecule has 2 rings (SSSR count). The van der Waals surface area contributed by atoms with Gasteiger partial charge in [0.1, 0.15) is 5.75 Å². The SMILES string of the molecule is CN1CCN(C(=O)c2ccc(Cl)cc2O)C(CN)C1. The fourth-order valence-electron chi connectivity index (χ4n) is 2.32. The normalized spacial score (nSPS) is 20.6. The second kappa shape index (κ2) is 5.77. The van der Waals surface area contributed by atoms with Crippen molar-refractivity contribution in [3.63, 3.8) is 0 Å². The van der Waals surface area contributed by atoms with Crippen molar-refractivity contribution in [2.45, 2.75) is 6.04 Å². The Morgan fingerprint density at radius 3 is 2.89 bits per heavy atom. The van der Waals surface area contributed by atoms with Crippen LogP contribution in [0.5, 0.6) is 5.75 Å². The number of carbonyl (C=O) groups excluding carboxylic acids is 1. The van der Waals surface area contributed by atoms with Crippen molar-refractivity contribution in [1.29, 1.82) is 0 Å². The summed E-state index contributed by atoms with van der Waals surface area (Å²) in [5, 5.41) is 10.2. The van der Waals surface area contributed by atoms with Crippen molar-refractivity contribution >= 4 is 17.5 Å². The molecule has 1 aromatic carbocycles. The van der Waals surface area contributed by atoms with E-state index >= 15 is 0 Å². The summed E-state index contributed by atoms with van der Waals surface area (Å²) in [6.45, 7) is 2.57. The molecule has 1 amide bonds. The van der Waals surface area contributed by atoms with Gasteiger partial charge in [-0.15, -0.1) is 0 Å². The second-order valence-electron chi connectivity index (χ2n) is 4.81. The van der Waals surface area contributed by atoms with Gasteiger partial charge < -0.3 is 20.6 Å². The van der Waals surface area contributed by atoms with Crippen LogP contribution in [-0.2, 0) is 0 Å². The van der Waals surface area contributed by atoms with Crippen molar-refractivity contribution in [2.24, 2.45) is 5.73 Å². The van der Waals surface area contributed by atoms with Gasteiger partial charge in [0.15, 0.2) is 0 Å². The van der Waals surface area contributed by atoms with E-state index in [4.69, 9.17) is 17.3 Å². The predicted octanol–water partition coefficient (Wildman–Crippen LogP) is 0.761. The van der Waals surface area contributed by atoms with E-state index in [0.717, 1.165) is 13.1 Å². The topological polar surface area (TPSA) is 69.8 Å². The summed E-state index contributed by atoms with van der Waals surface area (Å²) in [6, 6.07) is 4.50. The lowest BCUT2D eigenvalue weighted by Gasteiger charge is -2.39. The molecule has 1 atom stereocenters. The molecule has 1 unspecified atom stereocenters. The Morgan fingerprint density at radius 1 is 1.53 bits per heavy atom. The predicted molar refractivity (Wildman–Crippen MR) is 74.5 cm³/mol. The van der Waals surface area contributed by atoms with Gasteiger partial charge in [0.2, 0.25) is 0 Å². The number of carbonyl (C=O) groups is 1. The van der Waals surface area contributed by atoms with Gasteiger partial charge in [-0.1, -0.05) is 11.6 Å². The van der Waals surface area contributed by atoms with Crippen molar-refractivity contribution in [2.75, 3.05) is 33.2 Å². The number of hydrogen-bond acceptors (Lipinski definition) is 4. The lowest BCUT2D eigenvalue weighted by atomic mass is 10.1. The number of benzene rings is 1. The zero-order valence-corrected chi connectivity index (χ0v) is 11.6. The lowest BCUT2D eigenvalue weighted by molar-refractivity contribution is 0.0513. The van der Waals surface area contributed by atoms with E-state index in [0.29, 0.717) is 18.1 Å². The summed E-state index contributed by atoms with van der Waals surface area (Å²) in [5.74, 6) is -0.287. The van der Waals surface area contributed by atoms with E-state index < -0.39 is 0 Å². The number of hydrogen-bond donors (Lipinski definition) is 2. The van der Waals surface area contributed by atoms with Crippen LogP contribution >= 0.6 is 11.6 Å². The number of aromatic hydroxyl groups is 1. The van der Waals surface area contributed by atoms with Crippen LogP contribution in [0.4, 0.5) is 0 Å². The largest absolute Gasteiger partial charge is 0.507 e. The van der Waals surface area contributed by atoms with Gasteiger partial charge in [0, 0.05) is 31.2 Å². The molecule has 0 saturated carbocycles. The average Bonchev–Trinajstić information content (AvgIpc) is 2.37. The van der Waals surface area contributed by atoms with Crippen molar-refractivity contribution < 1.29 is 9.90 Å². The number of amides is 1. The Balaban J connectivity index is 2.22. The molecule has 1 aliphatic heterocycles. The summed E-state index contributed by atoms with van der Waals surface area (Å²) in [7, 11) is 2.00. The van der Waals surface area contributed by atoms with Crippen LogP contribution in [0.2, 0.25) is 5.02 Å². The zero-order valence-electron chi connectivity index (χ0n) is 10.8. The van der Waals surface area contributed by atoms with Crippen LogP contribution in [0.25, 0.3) is 0 Å². The Bertz CT molecular complexity index is 481. The second-order valence-corrected chi connectivity index (χ2v) is 5.25. The Kier molecular flexibility index (Phi) is 4.29. The first-order valence-corrected chi connectivity index (χ1v) is 6.59. The van der Waals surface area contributed by atoms with Crippen LogP contribution in [0.15, 0.2) is 18.2 Å². The molecule has 19 heavy (non-hydrogen) atoms. The average molecular weight is 284 g/mol. The molecular weight excluding hydrogens is 266 g/mol. The molecule has 0 aliphatic carbocycles. The minimum atomic E-state index is -0.197. The van der Waals surface area contributed by atoms with Gasteiger partial charge in [-0.05, 0) is 25.2 Å². The minimum Gasteiger partial charge on any atom is -0.507 e. The molecule has 104 valence electrons. The van der Waals surface area contributed by atoms with E-state index in [1.165, 1.54) is 6.07 Å². The van der Waals surface area contributed by atoms with Crippen molar-refractivity contribution in [1.82, 2.24) is 9.80 Å². The van der Waals surface area contributed by atoms with E-state index in [9.17, 15) is 9.90 Å². The van der Waals surface area contributed by atoms with E-state index in [2.05, 4.69) is 4.90 Å². The van der Waals surface area contributed by atoms with Crippen molar-refractivity contribution in [3.05, 3.63) is 28.8 Å². The molecule has 3 N–H and O–H groups in total. The monoisotopic (exact) mass is 283 g/mol. The van der Waals surface area contributed by atoms with E-state index in [1.54, 1.807) is 17.0 Å². The third-order valence-corrected chi connectivity index (χ3v) is 3.64. The smallest absolute Gasteiger partial charge is 0.257 e. The highest BCUT2D eigenvalue weighted by Gasteiger charge is 2.29. The van der Waals surface area contributed by atoms with Crippen LogP contribution in [-0.4, -0.2) is 60.1 Å². The first-order valence-electron chi connectivity index (χ1n) is 6.21. The maximum absolute atomic E-state index is 12.5. The molecule has 1 aromatic rings. The summed E-state index contributed by atoms with van der Waals surface area (Å²) in [5.41, 5.74) is 6.00. The van der Waals surface area contributed by atoms with E-state index in [1.807, 2.05) is 7.05 Å². The fourth-order valence-corrected chi connectivity index (χ4v) is 2.49. The lowest BCUT2D eigenvalue weighted by Crippen LogP contribution is -2.56. The number of piperazine rings is 1. The number of phenolic OH excluding ortho intramolecular Hbond substituents is 1. The Hall–Kier alpha value is -1.30. The van der Waals surface area contributed by atoms with Crippen molar-refractivity contribution in [3.8, 4) is 5.75 Å². The molecule has 1 aliphatic rings. The summed E-state index contributed by atoms with van der Waals surface area (Å²) in [4.78, 5) is 16.3. The van der Waals surface area contributed by atoms with Gasteiger partial charge in [0.05, 0.1) is 11.6 Å². The number of rotatable bonds is 2. The molecule has 0 spiro atoms. The van der Waals surface area contributed by atoms with Crippen LogP contribution < -0.4 is 5.73 Å². The standard InChI is InChI=1S/C13H18ClN3O2/c1-16-4-5-17(10(7-15)8-16)13(19)11-3-2-9(14)6-12(11)18/h2-3,6,10,18H,4-5,7-8,15H2,1H3. The van der Waals surface area contributed by atoms with Gasteiger partial charge in [0.25, 0.3) is 5.91 Å². The quantitative estimate of drug-likeness (QED) is 0.841. The maximum Gasteiger partial charge on any atom is 0.257 e. The third kappa shape index (κ3) is 3.00. The fraction of sp³-hybridized carbons (Fsp3) is 0.462. The zero-order chi connectivity index (χ0) is 14.0. The summed E-state index contributed by atoms with van der Waals surface area (Å²) in [6.07, 6.45) is 0.